The van der Waals surface area contributed by atoms with Gasteiger partial charge in [0.1, 0.15) is 5.75 Å². The van der Waals surface area contributed by atoms with Crippen molar-refractivity contribution in [1.82, 2.24) is 5.32 Å². The summed E-state index contributed by atoms with van der Waals surface area (Å²) in [6, 6.07) is 7.21. The van der Waals surface area contributed by atoms with Crippen LogP contribution in [0.4, 0.5) is 0 Å². The topological polar surface area (TPSA) is 64.3 Å². The molecule has 0 spiro atoms. The Kier molecular flexibility index (Phi) is 11.8. The Bertz CT molecular complexity index is 432. The number of unbranched alkanes of at least 4 members (excludes halogenated alkanes) is 9. The average molecular weight is 335 g/mol. The van der Waals surface area contributed by atoms with Gasteiger partial charge in [-0.15, -0.1) is 0 Å². The molecule has 0 unspecified atom stereocenters. The number of methoxy groups -OCH3 is 1. The van der Waals surface area contributed by atoms with E-state index in [-0.39, 0.29) is 5.91 Å². The number of ether oxygens (including phenoxy) is 1. The molecule has 0 saturated heterocycles. The summed E-state index contributed by atoms with van der Waals surface area (Å²) >= 11 is 0. The van der Waals surface area contributed by atoms with Gasteiger partial charge in [-0.25, -0.2) is 0 Å². The fourth-order valence-corrected chi connectivity index (χ4v) is 2.73. The molecule has 4 heteroatoms. The maximum atomic E-state index is 12.0. The zero-order valence-electron chi connectivity index (χ0n) is 15.2. The number of rotatable bonds is 14. The van der Waals surface area contributed by atoms with Crippen LogP contribution >= 0.6 is 0 Å². The molecule has 0 heterocycles. The summed E-state index contributed by atoms with van der Waals surface area (Å²) in [7, 11) is 1.62. The van der Waals surface area contributed by atoms with Crippen LogP contribution in [0.15, 0.2) is 24.3 Å². The van der Waals surface area contributed by atoms with E-state index in [1.807, 2.05) is 12.1 Å². The second-order valence-corrected chi connectivity index (χ2v) is 6.31. The zero-order chi connectivity index (χ0) is 17.5. The number of carbonyl (C=O) groups is 1. The average Bonchev–Trinajstić information content (AvgIpc) is 2.62. The van der Waals surface area contributed by atoms with E-state index in [1.165, 1.54) is 57.8 Å². The molecule has 0 bridgehead atoms. The fourth-order valence-electron chi connectivity index (χ4n) is 2.73. The van der Waals surface area contributed by atoms with Gasteiger partial charge in [-0.05, 0) is 43.7 Å². The third kappa shape index (κ3) is 9.56. The van der Waals surface area contributed by atoms with Crippen molar-refractivity contribution in [2.45, 2.75) is 64.2 Å². The first-order valence-corrected chi connectivity index (χ1v) is 9.40. The summed E-state index contributed by atoms with van der Waals surface area (Å²) in [5.74, 6) is 0.765. The molecule has 1 aromatic rings. The predicted molar refractivity (Wildman–Crippen MR) is 101 cm³/mol. The normalized spacial score (nSPS) is 10.6. The van der Waals surface area contributed by atoms with Gasteiger partial charge in [0.25, 0.3) is 5.91 Å². The Morgan fingerprint density at radius 3 is 1.88 bits per heavy atom. The molecule has 0 fully saturated rings. The van der Waals surface area contributed by atoms with E-state index < -0.39 is 0 Å². The predicted octanol–water partition coefficient (Wildman–Crippen LogP) is 4.28. The number of carbonyl (C=O) groups excluding carboxylic acids is 1. The molecule has 0 aliphatic carbocycles. The van der Waals surface area contributed by atoms with Crippen molar-refractivity contribution < 1.29 is 9.53 Å². The highest BCUT2D eigenvalue weighted by atomic mass is 16.5. The van der Waals surface area contributed by atoms with Crippen molar-refractivity contribution in [1.29, 1.82) is 0 Å². The molecule has 0 atom stereocenters. The minimum Gasteiger partial charge on any atom is -0.497 e. The van der Waals surface area contributed by atoms with Crippen LogP contribution in [-0.4, -0.2) is 26.1 Å². The van der Waals surface area contributed by atoms with Crippen LogP contribution < -0.4 is 15.8 Å². The maximum Gasteiger partial charge on any atom is 0.251 e. The van der Waals surface area contributed by atoms with Gasteiger partial charge in [-0.2, -0.15) is 0 Å². The van der Waals surface area contributed by atoms with E-state index in [1.54, 1.807) is 19.2 Å². The molecule has 0 aromatic heterocycles. The van der Waals surface area contributed by atoms with E-state index in [4.69, 9.17) is 10.5 Å². The van der Waals surface area contributed by atoms with Gasteiger partial charge in [0.15, 0.2) is 0 Å². The summed E-state index contributed by atoms with van der Waals surface area (Å²) in [4.78, 5) is 12.0. The summed E-state index contributed by atoms with van der Waals surface area (Å²) in [6.45, 7) is 1.58. The zero-order valence-corrected chi connectivity index (χ0v) is 15.2. The number of hydrogen-bond acceptors (Lipinski definition) is 3. The SMILES string of the molecule is COc1ccc(C(=O)NCCCCCCCCCCCCN)cc1. The lowest BCUT2D eigenvalue weighted by molar-refractivity contribution is 0.0953. The van der Waals surface area contributed by atoms with Crippen LogP contribution in [0, 0.1) is 0 Å². The Morgan fingerprint density at radius 1 is 0.875 bits per heavy atom. The first kappa shape index (κ1) is 20.5. The molecule has 0 aliphatic rings. The summed E-state index contributed by atoms with van der Waals surface area (Å²) in [5.41, 5.74) is 6.17. The van der Waals surface area contributed by atoms with E-state index in [0.717, 1.165) is 25.3 Å². The van der Waals surface area contributed by atoms with Crippen LogP contribution in [0.1, 0.15) is 74.6 Å². The third-order valence-electron chi connectivity index (χ3n) is 4.27. The van der Waals surface area contributed by atoms with Gasteiger partial charge in [0.2, 0.25) is 0 Å². The quantitative estimate of drug-likeness (QED) is 0.499. The highest BCUT2D eigenvalue weighted by Crippen LogP contribution is 2.12. The Hall–Kier alpha value is -1.55. The molecule has 1 amide bonds. The van der Waals surface area contributed by atoms with Crippen molar-refractivity contribution in [3.05, 3.63) is 29.8 Å². The van der Waals surface area contributed by atoms with Crippen LogP contribution in [0.3, 0.4) is 0 Å². The van der Waals surface area contributed by atoms with Crippen molar-refractivity contribution in [2.75, 3.05) is 20.2 Å². The van der Waals surface area contributed by atoms with E-state index >= 15 is 0 Å². The van der Waals surface area contributed by atoms with Crippen molar-refractivity contribution >= 4 is 5.91 Å². The summed E-state index contributed by atoms with van der Waals surface area (Å²) in [6.07, 6.45) is 12.6. The molecule has 0 aliphatic heterocycles. The number of amides is 1. The number of benzene rings is 1. The van der Waals surface area contributed by atoms with Gasteiger partial charge >= 0.3 is 0 Å². The van der Waals surface area contributed by atoms with Crippen LogP contribution in [-0.2, 0) is 0 Å². The van der Waals surface area contributed by atoms with Crippen molar-refractivity contribution in [3.63, 3.8) is 0 Å². The second kappa shape index (κ2) is 13.8. The van der Waals surface area contributed by atoms with Crippen molar-refractivity contribution in [2.24, 2.45) is 5.73 Å². The van der Waals surface area contributed by atoms with Crippen LogP contribution in [0.5, 0.6) is 5.75 Å². The monoisotopic (exact) mass is 334 g/mol. The minimum atomic E-state index is -0.00451. The van der Waals surface area contributed by atoms with Gasteiger partial charge in [-0.3, -0.25) is 4.79 Å². The lowest BCUT2D eigenvalue weighted by Gasteiger charge is -2.06. The Balaban J connectivity index is 1.93. The molecule has 0 radical (unpaired) electrons. The molecule has 4 nitrogen and oxygen atoms in total. The number of nitrogens with one attached hydrogen (secondary N) is 1. The molecule has 136 valence electrons. The van der Waals surface area contributed by atoms with Gasteiger partial charge < -0.3 is 15.8 Å². The minimum absolute atomic E-state index is 0.00451. The highest BCUT2D eigenvalue weighted by molar-refractivity contribution is 5.94. The number of nitrogens with two attached hydrogens (primary N) is 1. The third-order valence-corrected chi connectivity index (χ3v) is 4.27. The van der Waals surface area contributed by atoms with Gasteiger partial charge in [0, 0.05) is 12.1 Å². The molecular weight excluding hydrogens is 300 g/mol. The lowest BCUT2D eigenvalue weighted by Crippen LogP contribution is -2.24. The molecule has 0 saturated carbocycles. The first-order chi connectivity index (χ1) is 11.8. The lowest BCUT2D eigenvalue weighted by atomic mass is 10.1. The largest absolute Gasteiger partial charge is 0.497 e. The maximum absolute atomic E-state index is 12.0. The Labute approximate surface area is 147 Å². The highest BCUT2D eigenvalue weighted by Gasteiger charge is 2.04. The number of hydrogen-bond donors (Lipinski definition) is 2. The second-order valence-electron chi connectivity index (χ2n) is 6.31. The summed E-state index contributed by atoms with van der Waals surface area (Å²) < 4.78 is 5.09. The molecule has 24 heavy (non-hydrogen) atoms. The smallest absolute Gasteiger partial charge is 0.251 e. The summed E-state index contributed by atoms with van der Waals surface area (Å²) in [5, 5.41) is 2.98. The molecule has 1 rings (SSSR count). The van der Waals surface area contributed by atoms with E-state index in [0.29, 0.717) is 5.56 Å². The van der Waals surface area contributed by atoms with E-state index in [9.17, 15) is 4.79 Å². The van der Waals surface area contributed by atoms with E-state index in [2.05, 4.69) is 5.32 Å². The van der Waals surface area contributed by atoms with Gasteiger partial charge in [-0.1, -0.05) is 51.4 Å². The van der Waals surface area contributed by atoms with Crippen LogP contribution in [0.2, 0.25) is 0 Å². The fraction of sp³-hybridized carbons (Fsp3) is 0.650. The standard InChI is InChI=1S/C20H34N2O2/c1-24-19-14-12-18(13-15-19)20(23)22-17-11-9-7-5-3-2-4-6-8-10-16-21/h12-15H,2-11,16-17,21H2,1H3,(H,22,23). The molecule has 1 aromatic carbocycles. The van der Waals surface area contributed by atoms with Gasteiger partial charge in [0.05, 0.1) is 7.11 Å². The molecular formula is C20H34N2O2. The molecule has 3 N–H and O–H groups in total. The van der Waals surface area contributed by atoms with Crippen molar-refractivity contribution in [3.8, 4) is 5.75 Å². The first-order valence-electron chi connectivity index (χ1n) is 9.40. The Morgan fingerprint density at radius 2 is 1.38 bits per heavy atom. The van der Waals surface area contributed by atoms with Crippen LogP contribution in [0.25, 0.3) is 0 Å².